The molecule has 172 valence electrons. The Bertz CT molecular complexity index is 1120. The average molecular weight is 470 g/mol. The third kappa shape index (κ3) is 4.30. The lowest BCUT2D eigenvalue weighted by Crippen LogP contribution is -2.70. The highest BCUT2D eigenvalue weighted by Crippen LogP contribution is 2.51. The highest BCUT2D eigenvalue weighted by Gasteiger charge is 2.64. The monoisotopic (exact) mass is 469 g/mol. The molecular weight excluding hydrogens is 446 g/mol. The van der Waals surface area contributed by atoms with Crippen LogP contribution >= 0.6 is 11.8 Å². The van der Waals surface area contributed by atoms with Gasteiger partial charge in [-0.05, 0) is 50.6 Å². The Morgan fingerprint density at radius 3 is 2.39 bits per heavy atom. The number of aryl methyl sites for hydroxylation is 1. The molecule has 33 heavy (non-hydrogen) atoms. The summed E-state index contributed by atoms with van der Waals surface area (Å²) in [6.07, 6.45) is 0. The highest BCUT2D eigenvalue weighted by molar-refractivity contribution is 8.01. The van der Waals surface area contributed by atoms with E-state index in [-0.39, 0.29) is 29.5 Å². The Kier molecular flexibility index (Phi) is 5.87. The van der Waals surface area contributed by atoms with Crippen molar-refractivity contribution in [3.05, 3.63) is 75.3 Å². The number of fused-ring (bicyclic) bond motifs is 1. The largest absolute Gasteiger partial charge is 0.459 e. The molecule has 0 aliphatic carbocycles. The van der Waals surface area contributed by atoms with E-state index >= 15 is 0 Å². The SMILES string of the molecule is Cc1ccc(C(=O)NC2C(=O)N3C(C(=O)OCc4ccc([N+](=O)[O-])cc4)C(C)(C)S[C@@H]23)cc1. The number of nitrogens with one attached hydrogen (secondary N) is 1. The number of amides is 2. The van der Waals surface area contributed by atoms with Crippen LogP contribution in [0.4, 0.5) is 5.69 Å². The van der Waals surface area contributed by atoms with Gasteiger partial charge in [0, 0.05) is 22.4 Å². The predicted octanol–water partition coefficient (Wildman–Crippen LogP) is 2.81. The number of carbonyl (C=O) groups excluding carboxylic acids is 3. The minimum atomic E-state index is -0.800. The van der Waals surface area contributed by atoms with Gasteiger partial charge in [-0.3, -0.25) is 19.7 Å². The van der Waals surface area contributed by atoms with Crippen molar-refractivity contribution in [3.8, 4) is 0 Å². The summed E-state index contributed by atoms with van der Waals surface area (Å²) < 4.78 is 4.83. The Hall–Kier alpha value is -3.40. The van der Waals surface area contributed by atoms with Crippen LogP contribution in [0.1, 0.15) is 35.3 Å². The zero-order valence-electron chi connectivity index (χ0n) is 18.3. The van der Waals surface area contributed by atoms with Crippen molar-refractivity contribution in [2.75, 3.05) is 0 Å². The fourth-order valence-electron chi connectivity index (χ4n) is 4.00. The maximum absolute atomic E-state index is 12.9. The van der Waals surface area contributed by atoms with E-state index in [0.29, 0.717) is 11.1 Å². The third-order valence-corrected chi connectivity index (χ3v) is 7.36. The number of benzene rings is 2. The number of non-ortho nitro benzene ring substituents is 1. The van der Waals surface area contributed by atoms with Gasteiger partial charge in [-0.1, -0.05) is 17.7 Å². The molecule has 2 aliphatic heterocycles. The quantitative estimate of drug-likeness (QED) is 0.299. The molecule has 2 unspecified atom stereocenters. The summed E-state index contributed by atoms with van der Waals surface area (Å²) in [5.74, 6) is -1.21. The van der Waals surface area contributed by atoms with Crippen molar-refractivity contribution in [1.82, 2.24) is 10.2 Å². The Balaban J connectivity index is 1.40. The summed E-state index contributed by atoms with van der Waals surface area (Å²) >= 11 is 1.45. The lowest BCUT2D eigenvalue weighted by molar-refractivity contribution is -0.384. The summed E-state index contributed by atoms with van der Waals surface area (Å²) in [6, 6.07) is 11.3. The summed E-state index contributed by atoms with van der Waals surface area (Å²) in [6.45, 7) is 5.58. The first kappa shape index (κ1) is 22.8. The maximum Gasteiger partial charge on any atom is 0.330 e. The maximum atomic E-state index is 12.9. The number of ether oxygens (including phenoxy) is 1. The standard InChI is InChI=1S/C23H23N3O6S/c1-13-4-8-15(9-5-13)19(27)24-17-20(28)25-18(23(2,3)33-21(17)25)22(29)32-12-14-6-10-16(11-7-14)26(30)31/h4-11,17-18,21H,12H2,1-3H3,(H,24,27)/t17?,18?,21-/m0/s1. The van der Waals surface area contributed by atoms with Crippen LogP contribution in [0.15, 0.2) is 48.5 Å². The molecule has 2 aliphatic rings. The summed E-state index contributed by atoms with van der Waals surface area (Å²) in [7, 11) is 0. The molecule has 0 saturated carbocycles. The molecule has 2 heterocycles. The molecule has 4 rings (SSSR count). The topological polar surface area (TPSA) is 119 Å². The smallest absolute Gasteiger partial charge is 0.330 e. The molecule has 9 nitrogen and oxygen atoms in total. The Morgan fingerprint density at radius 2 is 1.79 bits per heavy atom. The van der Waals surface area contributed by atoms with E-state index in [2.05, 4.69) is 5.32 Å². The molecule has 0 spiro atoms. The molecule has 1 N–H and O–H groups in total. The predicted molar refractivity (Wildman–Crippen MR) is 121 cm³/mol. The van der Waals surface area contributed by atoms with Crippen LogP contribution in [0.5, 0.6) is 0 Å². The van der Waals surface area contributed by atoms with E-state index in [1.165, 1.54) is 40.9 Å². The van der Waals surface area contributed by atoms with Gasteiger partial charge < -0.3 is 15.0 Å². The molecule has 3 atom stereocenters. The minimum Gasteiger partial charge on any atom is -0.459 e. The van der Waals surface area contributed by atoms with E-state index in [1.54, 1.807) is 12.1 Å². The molecule has 2 amide bonds. The number of nitro groups is 1. The van der Waals surface area contributed by atoms with Crippen LogP contribution in [0, 0.1) is 17.0 Å². The van der Waals surface area contributed by atoms with Gasteiger partial charge in [0.1, 0.15) is 24.1 Å². The van der Waals surface area contributed by atoms with Crippen LogP contribution in [-0.2, 0) is 20.9 Å². The molecule has 2 saturated heterocycles. The minimum absolute atomic E-state index is 0.0499. The summed E-state index contributed by atoms with van der Waals surface area (Å²) in [4.78, 5) is 50.1. The number of esters is 1. The fraction of sp³-hybridized carbons (Fsp3) is 0.348. The van der Waals surface area contributed by atoms with Gasteiger partial charge in [-0.2, -0.15) is 0 Å². The van der Waals surface area contributed by atoms with Crippen molar-refractivity contribution >= 4 is 35.2 Å². The van der Waals surface area contributed by atoms with Gasteiger partial charge in [0.2, 0.25) is 5.91 Å². The van der Waals surface area contributed by atoms with E-state index in [0.717, 1.165) is 5.56 Å². The zero-order chi connectivity index (χ0) is 23.9. The van der Waals surface area contributed by atoms with Gasteiger partial charge in [-0.15, -0.1) is 11.8 Å². The Morgan fingerprint density at radius 1 is 1.15 bits per heavy atom. The molecule has 0 aromatic heterocycles. The van der Waals surface area contributed by atoms with Gasteiger partial charge in [-0.25, -0.2) is 4.79 Å². The summed E-state index contributed by atoms with van der Waals surface area (Å²) in [5, 5.41) is 13.2. The molecule has 2 aromatic rings. The van der Waals surface area contributed by atoms with Gasteiger partial charge in [0.05, 0.1) is 4.92 Å². The van der Waals surface area contributed by atoms with Crippen molar-refractivity contribution in [2.45, 2.75) is 49.6 Å². The second kappa shape index (κ2) is 8.51. The van der Waals surface area contributed by atoms with Crippen molar-refractivity contribution in [1.29, 1.82) is 0 Å². The van der Waals surface area contributed by atoms with Gasteiger partial charge in [0.15, 0.2) is 0 Å². The number of nitrogens with zero attached hydrogens (tertiary/aromatic N) is 2. The van der Waals surface area contributed by atoms with Crippen LogP contribution in [-0.4, -0.2) is 49.8 Å². The molecule has 2 aromatic carbocycles. The summed E-state index contributed by atoms with van der Waals surface area (Å²) in [5.41, 5.74) is 2.05. The highest BCUT2D eigenvalue weighted by atomic mass is 32.2. The van der Waals surface area contributed by atoms with E-state index in [1.807, 2.05) is 32.9 Å². The lowest BCUT2D eigenvalue weighted by Gasteiger charge is -2.43. The number of rotatable bonds is 6. The molecule has 2 fully saturated rings. The third-order valence-electron chi connectivity index (χ3n) is 5.79. The molecule has 0 bridgehead atoms. The van der Waals surface area contributed by atoms with Gasteiger partial charge in [0.25, 0.3) is 11.6 Å². The number of carbonyl (C=O) groups is 3. The van der Waals surface area contributed by atoms with Crippen molar-refractivity contribution in [3.63, 3.8) is 0 Å². The molecular formula is C23H23N3O6S. The number of hydrogen-bond donors (Lipinski definition) is 1. The van der Waals surface area contributed by atoms with Crippen molar-refractivity contribution in [2.24, 2.45) is 0 Å². The van der Waals surface area contributed by atoms with Crippen molar-refractivity contribution < 1.29 is 24.0 Å². The molecule has 10 heteroatoms. The normalized spacial score (nSPS) is 22.8. The number of hydrogen-bond acceptors (Lipinski definition) is 7. The molecule has 0 radical (unpaired) electrons. The number of β-lactam (4-membered cyclic amide) rings is 1. The van der Waals surface area contributed by atoms with E-state index < -0.39 is 27.7 Å². The first-order valence-corrected chi connectivity index (χ1v) is 11.2. The number of thioether (sulfide) groups is 1. The van der Waals surface area contributed by atoms with Gasteiger partial charge >= 0.3 is 5.97 Å². The lowest BCUT2D eigenvalue weighted by atomic mass is 9.95. The first-order valence-electron chi connectivity index (χ1n) is 10.4. The van der Waals surface area contributed by atoms with E-state index in [9.17, 15) is 24.5 Å². The van der Waals surface area contributed by atoms with Crippen LogP contribution in [0.2, 0.25) is 0 Å². The van der Waals surface area contributed by atoms with Crippen LogP contribution < -0.4 is 5.32 Å². The second-order valence-electron chi connectivity index (χ2n) is 8.61. The Labute approximate surface area is 194 Å². The fourth-order valence-corrected chi connectivity index (χ4v) is 5.62. The zero-order valence-corrected chi connectivity index (χ0v) is 19.1. The van der Waals surface area contributed by atoms with Crippen LogP contribution in [0.3, 0.4) is 0 Å². The second-order valence-corrected chi connectivity index (χ2v) is 10.4. The first-order chi connectivity index (χ1) is 15.6. The average Bonchev–Trinajstić information content (AvgIpc) is 3.04. The van der Waals surface area contributed by atoms with Crippen LogP contribution in [0.25, 0.3) is 0 Å². The number of nitro benzene ring substituents is 1. The van der Waals surface area contributed by atoms with E-state index in [4.69, 9.17) is 4.74 Å².